The molecule has 0 saturated carbocycles. The maximum Gasteiger partial charge on any atom is 0.338 e. The van der Waals surface area contributed by atoms with E-state index in [0.717, 1.165) is 11.3 Å². The lowest BCUT2D eigenvalue weighted by molar-refractivity contribution is 0.0526. The molecule has 23 heavy (non-hydrogen) atoms. The first-order chi connectivity index (χ1) is 11.1. The van der Waals surface area contributed by atoms with Crippen molar-refractivity contribution in [1.82, 2.24) is 5.32 Å². The first kappa shape index (κ1) is 17.0. The minimum absolute atomic E-state index is 0.0874. The molecule has 1 unspecified atom stereocenters. The Balaban J connectivity index is 1.97. The molecule has 0 heterocycles. The molecule has 0 aliphatic heterocycles. The highest BCUT2D eigenvalue weighted by Crippen LogP contribution is 2.14. The van der Waals surface area contributed by atoms with E-state index in [1.807, 2.05) is 43.3 Å². The fourth-order valence-corrected chi connectivity index (χ4v) is 2.42. The monoisotopic (exact) mass is 328 g/mol. The first-order valence-electron chi connectivity index (χ1n) is 7.49. The molecule has 2 aromatic carbocycles. The van der Waals surface area contributed by atoms with Gasteiger partial charge in [0, 0.05) is 5.69 Å². The minimum Gasteiger partial charge on any atom is -0.462 e. The number of esters is 1. The summed E-state index contributed by atoms with van der Waals surface area (Å²) < 4.78 is 5.00. The number of anilines is 1. The van der Waals surface area contributed by atoms with Crippen molar-refractivity contribution in [2.75, 3.05) is 11.9 Å². The van der Waals surface area contributed by atoms with Crippen LogP contribution in [-0.2, 0) is 4.74 Å². The lowest BCUT2D eigenvalue weighted by atomic mass is 10.1. The highest BCUT2D eigenvalue weighted by molar-refractivity contribution is 7.80. The Morgan fingerprint density at radius 1 is 1.17 bits per heavy atom. The molecule has 0 aliphatic rings. The maximum absolute atomic E-state index is 11.7. The Morgan fingerprint density at radius 3 is 2.61 bits per heavy atom. The van der Waals surface area contributed by atoms with Crippen molar-refractivity contribution in [1.29, 1.82) is 0 Å². The van der Waals surface area contributed by atoms with Crippen LogP contribution in [0.15, 0.2) is 54.6 Å². The van der Waals surface area contributed by atoms with Crippen LogP contribution in [0.5, 0.6) is 0 Å². The van der Waals surface area contributed by atoms with Gasteiger partial charge in [-0.25, -0.2) is 4.79 Å². The molecule has 0 radical (unpaired) electrons. The molecule has 0 aromatic heterocycles. The molecule has 0 spiro atoms. The summed E-state index contributed by atoms with van der Waals surface area (Å²) in [5.41, 5.74) is 2.39. The number of benzene rings is 2. The zero-order chi connectivity index (χ0) is 16.7. The average Bonchev–Trinajstić information content (AvgIpc) is 2.56. The zero-order valence-corrected chi connectivity index (χ0v) is 14.0. The normalized spacial score (nSPS) is 11.4. The molecule has 120 valence electrons. The molecule has 0 aliphatic carbocycles. The van der Waals surface area contributed by atoms with Crippen molar-refractivity contribution in [2.24, 2.45) is 0 Å². The van der Waals surface area contributed by atoms with Gasteiger partial charge in [-0.15, -0.1) is 0 Å². The summed E-state index contributed by atoms with van der Waals surface area (Å²) in [6.45, 7) is 4.17. The zero-order valence-electron chi connectivity index (χ0n) is 13.2. The summed E-state index contributed by atoms with van der Waals surface area (Å²) in [4.78, 5) is 11.7. The molecule has 0 saturated heterocycles. The van der Waals surface area contributed by atoms with Crippen LogP contribution >= 0.6 is 12.2 Å². The Bertz CT molecular complexity index is 674. The largest absolute Gasteiger partial charge is 0.462 e. The summed E-state index contributed by atoms with van der Waals surface area (Å²) >= 11 is 5.33. The smallest absolute Gasteiger partial charge is 0.338 e. The standard InChI is InChI=1S/C18H20N2O2S/c1-3-22-17(21)15-10-7-11-16(12-15)20-18(23)19-13(2)14-8-5-4-6-9-14/h4-13H,3H2,1-2H3,(H2,19,20,23). The molecule has 4 nitrogen and oxygen atoms in total. The summed E-state index contributed by atoms with van der Waals surface area (Å²) in [5.74, 6) is -0.340. The van der Waals surface area contributed by atoms with E-state index in [2.05, 4.69) is 10.6 Å². The van der Waals surface area contributed by atoms with Crippen LogP contribution in [0.1, 0.15) is 35.8 Å². The van der Waals surface area contributed by atoms with Crippen molar-refractivity contribution < 1.29 is 9.53 Å². The fourth-order valence-electron chi connectivity index (χ4n) is 2.13. The Hall–Kier alpha value is -2.40. The first-order valence-corrected chi connectivity index (χ1v) is 7.90. The van der Waals surface area contributed by atoms with E-state index >= 15 is 0 Å². The van der Waals surface area contributed by atoms with E-state index in [9.17, 15) is 4.79 Å². The van der Waals surface area contributed by atoms with Gasteiger partial charge in [-0.05, 0) is 49.8 Å². The van der Waals surface area contributed by atoms with E-state index in [1.54, 1.807) is 25.1 Å². The van der Waals surface area contributed by atoms with E-state index in [0.29, 0.717) is 17.3 Å². The predicted octanol–water partition coefficient (Wildman–Crippen LogP) is 3.91. The fraction of sp³-hybridized carbons (Fsp3) is 0.222. The molecular formula is C18H20N2O2S. The van der Waals surface area contributed by atoms with Gasteiger partial charge in [-0.3, -0.25) is 0 Å². The van der Waals surface area contributed by atoms with Gasteiger partial charge in [-0.1, -0.05) is 36.4 Å². The Kier molecular flexibility index (Phi) is 6.11. The van der Waals surface area contributed by atoms with Crippen molar-refractivity contribution >= 4 is 29.0 Å². The van der Waals surface area contributed by atoms with Gasteiger partial charge in [0.1, 0.15) is 0 Å². The van der Waals surface area contributed by atoms with E-state index in [-0.39, 0.29) is 12.0 Å². The van der Waals surface area contributed by atoms with Crippen molar-refractivity contribution in [3.8, 4) is 0 Å². The summed E-state index contributed by atoms with van der Waals surface area (Å²) in [7, 11) is 0. The quantitative estimate of drug-likeness (QED) is 0.644. The number of rotatable bonds is 5. The van der Waals surface area contributed by atoms with Crippen LogP contribution in [0, 0.1) is 0 Å². The van der Waals surface area contributed by atoms with Crippen LogP contribution in [0.3, 0.4) is 0 Å². The van der Waals surface area contributed by atoms with Gasteiger partial charge in [0.25, 0.3) is 0 Å². The molecule has 2 N–H and O–H groups in total. The maximum atomic E-state index is 11.7. The number of ether oxygens (including phenoxy) is 1. The number of carbonyl (C=O) groups excluding carboxylic acids is 1. The van der Waals surface area contributed by atoms with Gasteiger partial charge < -0.3 is 15.4 Å². The lowest BCUT2D eigenvalue weighted by Gasteiger charge is -2.17. The second-order valence-corrected chi connectivity index (χ2v) is 5.44. The Labute approximate surface area is 141 Å². The number of hydrogen-bond donors (Lipinski definition) is 2. The number of nitrogens with one attached hydrogen (secondary N) is 2. The van der Waals surface area contributed by atoms with Gasteiger partial charge in [0.2, 0.25) is 0 Å². The average molecular weight is 328 g/mol. The predicted molar refractivity (Wildman–Crippen MR) is 96.6 cm³/mol. The highest BCUT2D eigenvalue weighted by Gasteiger charge is 2.09. The van der Waals surface area contributed by atoms with Crippen molar-refractivity contribution in [3.63, 3.8) is 0 Å². The van der Waals surface area contributed by atoms with Crippen LogP contribution in [0.2, 0.25) is 0 Å². The minimum atomic E-state index is -0.340. The topological polar surface area (TPSA) is 50.4 Å². The van der Waals surface area contributed by atoms with Gasteiger partial charge in [-0.2, -0.15) is 0 Å². The summed E-state index contributed by atoms with van der Waals surface area (Å²) in [6, 6.07) is 17.2. The third-order valence-corrected chi connectivity index (χ3v) is 3.50. The Morgan fingerprint density at radius 2 is 1.91 bits per heavy atom. The number of carbonyl (C=O) groups is 1. The van der Waals surface area contributed by atoms with Gasteiger partial charge in [0.15, 0.2) is 5.11 Å². The van der Waals surface area contributed by atoms with E-state index in [4.69, 9.17) is 17.0 Å². The van der Waals surface area contributed by atoms with E-state index < -0.39 is 0 Å². The molecule has 1 atom stereocenters. The number of hydrogen-bond acceptors (Lipinski definition) is 3. The molecular weight excluding hydrogens is 308 g/mol. The molecule has 0 bridgehead atoms. The van der Waals surface area contributed by atoms with Crippen LogP contribution in [0.4, 0.5) is 5.69 Å². The highest BCUT2D eigenvalue weighted by atomic mass is 32.1. The lowest BCUT2D eigenvalue weighted by Crippen LogP contribution is -2.30. The van der Waals surface area contributed by atoms with Crippen LogP contribution in [0.25, 0.3) is 0 Å². The van der Waals surface area contributed by atoms with E-state index in [1.165, 1.54) is 0 Å². The second-order valence-electron chi connectivity index (χ2n) is 5.03. The number of thiocarbonyl (C=S) groups is 1. The van der Waals surface area contributed by atoms with Crippen LogP contribution in [-0.4, -0.2) is 17.7 Å². The van der Waals surface area contributed by atoms with Gasteiger partial charge >= 0.3 is 5.97 Å². The third kappa shape index (κ3) is 5.07. The molecule has 0 amide bonds. The van der Waals surface area contributed by atoms with Crippen LogP contribution < -0.4 is 10.6 Å². The van der Waals surface area contributed by atoms with Gasteiger partial charge in [0.05, 0.1) is 18.2 Å². The van der Waals surface area contributed by atoms with Crippen molar-refractivity contribution in [3.05, 3.63) is 65.7 Å². The summed E-state index contributed by atoms with van der Waals surface area (Å²) in [6.07, 6.45) is 0. The SMILES string of the molecule is CCOC(=O)c1cccc(NC(=S)NC(C)c2ccccc2)c1. The third-order valence-electron chi connectivity index (χ3n) is 3.28. The molecule has 0 fully saturated rings. The molecule has 5 heteroatoms. The summed E-state index contributed by atoms with van der Waals surface area (Å²) in [5, 5.41) is 6.82. The molecule has 2 rings (SSSR count). The van der Waals surface area contributed by atoms with Crippen molar-refractivity contribution in [2.45, 2.75) is 19.9 Å². The second kappa shape index (κ2) is 8.29. The molecule has 2 aromatic rings.